The summed E-state index contributed by atoms with van der Waals surface area (Å²) in [6, 6.07) is 11.7. The van der Waals surface area contributed by atoms with Crippen LogP contribution in [0.25, 0.3) is 0 Å². The third-order valence-electron chi connectivity index (χ3n) is 4.24. The maximum Gasteiger partial charge on any atom is 0.258 e. The van der Waals surface area contributed by atoms with Crippen molar-refractivity contribution in [2.75, 3.05) is 19.8 Å². The van der Waals surface area contributed by atoms with Crippen LogP contribution in [0.4, 0.5) is 0 Å². The van der Waals surface area contributed by atoms with Gasteiger partial charge in [0.1, 0.15) is 5.75 Å². The van der Waals surface area contributed by atoms with Gasteiger partial charge in [0.25, 0.3) is 5.91 Å². The molecule has 1 aliphatic heterocycles. The number of carbonyl (C=O) groups excluding carboxylic acids is 1. The third-order valence-corrected chi connectivity index (χ3v) is 4.24. The van der Waals surface area contributed by atoms with Gasteiger partial charge in [0.2, 0.25) is 0 Å². The van der Waals surface area contributed by atoms with Crippen LogP contribution in [-0.2, 0) is 16.0 Å². The second-order valence-electron chi connectivity index (χ2n) is 6.09. The van der Waals surface area contributed by atoms with E-state index in [0.717, 1.165) is 17.7 Å². The molecule has 1 aromatic carbocycles. The van der Waals surface area contributed by atoms with Crippen molar-refractivity contribution < 1.29 is 14.3 Å². The summed E-state index contributed by atoms with van der Waals surface area (Å²) in [5.41, 5.74) is 2.22. The summed E-state index contributed by atoms with van der Waals surface area (Å²) in [5, 5.41) is 3.03. The third kappa shape index (κ3) is 4.32. The molecule has 2 heterocycles. The fraction of sp³-hybridized carbons (Fsp3) is 0.368. The molecule has 0 saturated carbocycles. The molecule has 0 spiro atoms. The van der Waals surface area contributed by atoms with Crippen LogP contribution < -0.4 is 10.1 Å². The average Bonchev–Trinajstić information content (AvgIpc) is 3.02. The Hall–Kier alpha value is -2.40. The van der Waals surface area contributed by atoms with Crippen molar-refractivity contribution in [3.8, 4) is 5.75 Å². The normalized spacial score (nSPS) is 19.9. The Balaban J connectivity index is 1.51. The first-order chi connectivity index (χ1) is 11.7. The first-order valence-electron chi connectivity index (χ1n) is 8.17. The number of nitrogens with zero attached hydrogens (tertiary/aromatic N) is 1. The summed E-state index contributed by atoms with van der Waals surface area (Å²) in [6.45, 7) is 3.18. The van der Waals surface area contributed by atoms with Gasteiger partial charge in [-0.1, -0.05) is 18.2 Å². The molecule has 1 aromatic heterocycles. The molecule has 5 heteroatoms. The number of para-hydroxylation sites is 1. The number of rotatable bonds is 6. The minimum absolute atomic E-state index is 0.0172. The van der Waals surface area contributed by atoms with Crippen molar-refractivity contribution in [2.24, 2.45) is 5.92 Å². The van der Waals surface area contributed by atoms with Crippen molar-refractivity contribution in [1.82, 2.24) is 10.3 Å². The highest BCUT2D eigenvalue weighted by Crippen LogP contribution is 2.19. The topological polar surface area (TPSA) is 60.5 Å². The van der Waals surface area contributed by atoms with E-state index < -0.39 is 0 Å². The number of aromatic nitrogens is 1. The van der Waals surface area contributed by atoms with Gasteiger partial charge in [0.05, 0.1) is 19.3 Å². The van der Waals surface area contributed by atoms with Gasteiger partial charge in [-0.2, -0.15) is 0 Å². The van der Waals surface area contributed by atoms with Crippen LogP contribution in [0.5, 0.6) is 5.75 Å². The summed E-state index contributed by atoms with van der Waals surface area (Å²) < 4.78 is 11.2. The lowest BCUT2D eigenvalue weighted by Crippen LogP contribution is -2.42. The van der Waals surface area contributed by atoms with Gasteiger partial charge in [-0.05, 0) is 42.7 Å². The minimum Gasteiger partial charge on any atom is -0.484 e. The molecule has 1 amide bonds. The lowest BCUT2D eigenvalue weighted by molar-refractivity contribution is -0.124. The van der Waals surface area contributed by atoms with Crippen molar-refractivity contribution >= 4 is 5.91 Å². The number of amides is 1. The van der Waals surface area contributed by atoms with E-state index in [0.29, 0.717) is 13.2 Å². The van der Waals surface area contributed by atoms with Crippen LogP contribution >= 0.6 is 0 Å². The zero-order valence-corrected chi connectivity index (χ0v) is 13.8. The van der Waals surface area contributed by atoms with E-state index in [1.54, 1.807) is 12.4 Å². The van der Waals surface area contributed by atoms with Crippen LogP contribution in [-0.4, -0.2) is 36.8 Å². The monoisotopic (exact) mass is 326 g/mol. The standard InChI is InChI=1S/C19H22N2O3/c1-14-4-2-3-5-18(14)24-13-19(22)21-17-12-23-11-16(17)10-15-6-8-20-9-7-15/h2-9,16-17H,10-13H2,1H3,(H,21,22)/t16-,17+/m1/s1. The van der Waals surface area contributed by atoms with Gasteiger partial charge >= 0.3 is 0 Å². The number of benzene rings is 1. The summed E-state index contributed by atoms with van der Waals surface area (Å²) in [7, 11) is 0. The molecule has 24 heavy (non-hydrogen) atoms. The van der Waals surface area contributed by atoms with Crippen LogP contribution in [0.15, 0.2) is 48.8 Å². The maximum absolute atomic E-state index is 12.2. The van der Waals surface area contributed by atoms with Crippen LogP contribution in [0.3, 0.4) is 0 Å². The fourth-order valence-electron chi connectivity index (χ4n) is 2.89. The first kappa shape index (κ1) is 16.5. The van der Waals surface area contributed by atoms with Gasteiger partial charge < -0.3 is 14.8 Å². The van der Waals surface area contributed by atoms with Crippen molar-refractivity contribution in [3.05, 3.63) is 59.9 Å². The van der Waals surface area contributed by atoms with E-state index in [9.17, 15) is 4.79 Å². The predicted octanol–water partition coefficient (Wildman–Crippen LogP) is 2.14. The zero-order chi connectivity index (χ0) is 16.8. The Morgan fingerprint density at radius 1 is 1.25 bits per heavy atom. The Morgan fingerprint density at radius 2 is 2.04 bits per heavy atom. The summed E-state index contributed by atoms with van der Waals surface area (Å²) in [5.74, 6) is 0.895. The molecule has 2 atom stereocenters. The highest BCUT2D eigenvalue weighted by atomic mass is 16.5. The van der Waals surface area contributed by atoms with E-state index in [-0.39, 0.29) is 24.5 Å². The molecule has 0 radical (unpaired) electrons. The van der Waals surface area contributed by atoms with E-state index >= 15 is 0 Å². The number of ether oxygens (including phenoxy) is 2. The van der Waals surface area contributed by atoms with Gasteiger partial charge in [0, 0.05) is 18.3 Å². The molecule has 1 N–H and O–H groups in total. The van der Waals surface area contributed by atoms with Crippen molar-refractivity contribution in [1.29, 1.82) is 0 Å². The summed E-state index contributed by atoms with van der Waals surface area (Å²) in [4.78, 5) is 16.2. The predicted molar refractivity (Wildman–Crippen MR) is 90.9 cm³/mol. The number of carbonyl (C=O) groups is 1. The minimum atomic E-state index is -0.117. The number of aryl methyl sites for hydroxylation is 1. The summed E-state index contributed by atoms with van der Waals surface area (Å²) >= 11 is 0. The van der Waals surface area contributed by atoms with Crippen LogP contribution in [0, 0.1) is 12.8 Å². The Kier molecular flexibility index (Phi) is 5.43. The van der Waals surface area contributed by atoms with E-state index in [1.807, 2.05) is 43.3 Å². The smallest absolute Gasteiger partial charge is 0.258 e. The van der Waals surface area contributed by atoms with Gasteiger partial charge in [-0.15, -0.1) is 0 Å². The maximum atomic E-state index is 12.2. The molecule has 3 rings (SSSR count). The summed E-state index contributed by atoms with van der Waals surface area (Å²) in [6.07, 6.45) is 4.44. The molecule has 0 bridgehead atoms. The first-order valence-corrected chi connectivity index (χ1v) is 8.17. The number of nitrogens with one attached hydrogen (secondary N) is 1. The quantitative estimate of drug-likeness (QED) is 0.883. The molecule has 2 aromatic rings. The molecule has 126 valence electrons. The molecule has 1 fully saturated rings. The van der Waals surface area contributed by atoms with Gasteiger partial charge in [-0.3, -0.25) is 9.78 Å². The SMILES string of the molecule is Cc1ccccc1OCC(=O)N[C@H]1COC[C@H]1Cc1ccncc1. The Labute approximate surface area is 142 Å². The highest BCUT2D eigenvalue weighted by Gasteiger charge is 2.29. The number of pyridine rings is 1. The molecule has 0 aliphatic carbocycles. The molecular weight excluding hydrogens is 304 g/mol. The largest absolute Gasteiger partial charge is 0.484 e. The number of hydrogen-bond donors (Lipinski definition) is 1. The van der Waals surface area contributed by atoms with E-state index in [4.69, 9.17) is 9.47 Å². The van der Waals surface area contributed by atoms with Gasteiger partial charge in [0.15, 0.2) is 6.61 Å². The second kappa shape index (κ2) is 7.93. The molecule has 0 unspecified atom stereocenters. The van der Waals surface area contributed by atoms with Crippen molar-refractivity contribution in [3.63, 3.8) is 0 Å². The fourth-order valence-corrected chi connectivity index (χ4v) is 2.89. The Bertz CT molecular complexity index is 675. The average molecular weight is 326 g/mol. The molecule has 5 nitrogen and oxygen atoms in total. The molecule has 1 saturated heterocycles. The lowest BCUT2D eigenvalue weighted by Gasteiger charge is -2.19. The highest BCUT2D eigenvalue weighted by molar-refractivity contribution is 5.78. The molecular formula is C19H22N2O3. The second-order valence-corrected chi connectivity index (χ2v) is 6.09. The van der Waals surface area contributed by atoms with E-state index in [2.05, 4.69) is 10.3 Å². The van der Waals surface area contributed by atoms with Crippen LogP contribution in [0.2, 0.25) is 0 Å². The zero-order valence-electron chi connectivity index (χ0n) is 13.8. The lowest BCUT2D eigenvalue weighted by atomic mass is 9.95. The van der Waals surface area contributed by atoms with Crippen molar-refractivity contribution in [2.45, 2.75) is 19.4 Å². The Morgan fingerprint density at radius 3 is 2.83 bits per heavy atom. The molecule has 1 aliphatic rings. The number of hydrogen-bond acceptors (Lipinski definition) is 4. The van der Waals surface area contributed by atoms with Gasteiger partial charge in [-0.25, -0.2) is 0 Å². The van der Waals surface area contributed by atoms with E-state index in [1.165, 1.54) is 5.56 Å². The van der Waals surface area contributed by atoms with Crippen LogP contribution in [0.1, 0.15) is 11.1 Å².